The molecule has 0 aliphatic carbocycles. The predicted molar refractivity (Wildman–Crippen MR) is 97.7 cm³/mol. The minimum absolute atomic E-state index is 0.126. The Balaban J connectivity index is 1.71. The van der Waals surface area contributed by atoms with Gasteiger partial charge in [-0.25, -0.2) is 13.8 Å². The first-order valence-corrected chi connectivity index (χ1v) is 7.99. The van der Waals surface area contributed by atoms with Crippen molar-refractivity contribution in [1.82, 2.24) is 4.98 Å². The zero-order chi connectivity index (χ0) is 18.7. The summed E-state index contributed by atoms with van der Waals surface area (Å²) in [7, 11) is 0. The molecule has 0 aliphatic heterocycles. The second kappa shape index (κ2) is 7.31. The van der Waals surface area contributed by atoms with Crippen LogP contribution in [0.1, 0.15) is 21.6 Å². The van der Waals surface area contributed by atoms with Crippen LogP contribution in [0.3, 0.4) is 0 Å². The number of anilines is 3. The van der Waals surface area contributed by atoms with Crippen LogP contribution in [0.2, 0.25) is 0 Å². The highest BCUT2D eigenvalue weighted by atomic mass is 19.1. The number of hydrogen-bond donors (Lipinski definition) is 2. The monoisotopic (exact) mass is 353 g/mol. The SMILES string of the molecule is Cc1ccc(NC(=O)c2ccc(Nc3ccc(F)cc3F)cn2)c(C)c1. The van der Waals surface area contributed by atoms with Crippen LogP contribution in [-0.4, -0.2) is 10.9 Å². The van der Waals surface area contributed by atoms with Gasteiger partial charge in [-0.15, -0.1) is 0 Å². The number of nitrogens with zero attached hydrogens (tertiary/aromatic N) is 1. The van der Waals surface area contributed by atoms with Gasteiger partial charge in [0.2, 0.25) is 0 Å². The van der Waals surface area contributed by atoms with Crippen LogP contribution in [0.25, 0.3) is 0 Å². The fourth-order valence-electron chi connectivity index (χ4n) is 2.49. The summed E-state index contributed by atoms with van der Waals surface area (Å²) in [6.45, 7) is 3.90. The standard InChI is InChI=1S/C20H17F2N3O/c1-12-3-6-17(13(2)9-12)25-20(26)19-8-5-15(11-23-19)24-18-7-4-14(21)10-16(18)22/h3-11,24H,1-2H3,(H,25,26). The maximum absolute atomic E-state index is 13.7. The third-order valence-electron chi connectivity index (χ3n) is 3.84. The van der Waals surface area contributed by atoms with Gasteiger partial charge in [-0.3, -0.25) is 4.79 Å². The van der Waals surface area contributed by atoms with Crippen LogP contribution in [0.5, 0.6) is 0 Å². The molecule has 0 unspecified atom stereocenters. The lowest BCUT2D eigenvalue weighted by molar-refractivity contribution is 0.102. The van der Waals surface area contributed by atoms with Crippen molar-refractivity contribution in [3.8, 4) is 0 Å². The molecule has 1 amide bonds. The number of amides is 1. The number of aryl methyl sites for hydroxylation is 2. The van der Waals surface area contributed by atoms with Gasteiger partial charge in [0.05, 0.1) is 17.6 Å². The molecule has 1 heterocycles. The number of benzene rings is 2. The van der Waals surface area contributed by atoms with Crippen LogP contribution < -0.4 is 10.6 Å². The molecular formula is C20H17F2N3O. The molecular weight excluding hydrogens is 336 g/mol. The minimum Gasteiger partial charge on any atom is -0.352 e. The van der Waals surface area contributed by atoms with Gasteiger partial charge in [0.15, 0.2) is 0 Å². The highest BCUT2D eigenvalue weighted by Crippen LogP contribution is 2.21. The summed E-state index contributed by atoms with van der Waals surface area (Å²) in [6.07, 6.45) is 1.42. The van der Waals surface area contributed by atoms with Crippen LogP contribution in [0.4, 0.5) is 25.8 Å². The van der Waals surface area contributed by atoms with Gasteiger partial charge in [0.1, 0.15) is 17.3 Å². The number of pyridine rings is 1. The Morgan fingerprint density at radius 3 is 2.38 bits per heavy atom. The number of hydrogen-bond acceptors (Lipinski definition) is 3. The van der Waals surface area contributed by atoms with E-state index in [1.54, 1.807) is 6.07 Å². The first kappa shape index (κ1) is 17.5. The molecule has 132 valence electrons. The number of carbonyl (C=O) groups is 1. The molecule has 0 bridgehead atoms. The Kier molecular flexibility index (Phi) is 4.93. The van der Waals surface area contributed by atoms with E-state index in [1.165, 1.54) is 18.3 Å². The molecule has 0 spiro atoms. The third-order valence-corrected chi connectivity index (χ3v) is 3.84. The van der Waals surface area contributed by atoms with E-state index >= 15 is 0 Å². The number of halogens is 2. The van der Waals surface area contributed by atoms with E-state index in [2.05, 4.69) is 15.6 Å². The van der Waals surface area contributed by atoms with Crippen molar-refractivity contribution in [3.63, 3.8) is 0 Å². The highest BCUT2D eigenvalue weighted by Gasteiger charge is 2.10. The van der Waals surface area contributed by atoms with Crippen molar-refractivity contribution in [3.05, 3.63) is 83.2 Å². The summed E-state index contributed by atoms with van der Waals surface area (Å²) in [5.74, 6) is -1.69. The zero-order valence-electron chi connectivity index (χ0n) is 14.3. The van der Waals surface area contributed by atoms with Gasteiger partial charge in [0.25, 0.3) is 5.91 Å². The second-order valence-corrected chi connectivity index (χ2v) is 5.95. The van der Waals surface area contributed by atoms with Crippen molar-refractivity contribution in [1.29, 1.82) is 0 Å². The van der Waals surface area contributed by atoms with Gasteiger partial charge in [-0.05, 0) is 49.7 Å². The molecule has 0 aliphatic rings. The maximum atomic E-state index is 13.7. The third kappa shape index (κ3) is 4.03. The Bertz CT molecular complexity index is 956. The first-order valence-electron chi connectivity index (χ1n) is 7.99. The molecule has 0 radical (unpaired) electrons. The Morgan fingerprint density at radius 1 is 0.962 bits per heavy atom. The average Bonchev–Trinajstić information content (AvgIpc) is 2.60. The summed E-state index contributed by atoms with van der Waals surface area (Å²) in [5, 5.41) is 5.61. The molecule has 4 nitrogen and oxygen atoms in total. The molecule has 0 atom stereocenters. The smallest absolute Gasteiger partial charge is 0.274 e. The molecule has 2 N–H and O–H groups in total. The molecule has 0 saturated carbocycles. The number of nitrogens with one attached hydrogen (secondary N) is 2. The second-order valence-electron chi connectivity index (χ2n) is 5.95. The van der Waals surface area contributed by atoms with Crippen molar-refractivity contribution >= 4 is 23.0 Å². The Hall–Kier alpha value is -3.28. The quantitative estimate of drug-likeness (QED) is 0.696. The topological polar surface area (TPSA) is 54.0 Å². The number of rotatable bonds is 4. The predicted octanol–water partition coefficient (Wildman–Crippen LogP) is 4.97. The largest absolute Gasteiger partial charge is 0.352 e. The number of carbonyl (C=O) groups excluding carboxylic acids is 1. The average molecular weight is 353 g/mol. The summed E-state index contributed by atoms with van der Waals surface area (Å²) in [6, 6.07) is 12.1. The summed E-state index contributed by atoms with van der Waals surface area (Å²) < 4.78 is 26.6. The normalized spacial score (nSPS) is 10.5. The lowest BCUT2D eigenvalue weighted by Gasteiger charge is -2.10. The summed E-state index contributed by atoms with van der Waals surface area (Å²) in [5.41, 5.74) is 3.64. The van der Waals surface area contributed by atoms with E-state index in [0.29, 0.717) is 5.69 Å². The zero-order valence-corrected chi connectivity index (χ0v) is 14.3. The van der Waals surface area contributed by atoms with E-state index in [1.807, 2.05) is 32.0 Å². The van der Waals surface area contributed by atoms with Crippen molar-refractivity contribution in [2.45, 2.75) is 13.8 Å². The molecule has 26 heavy (non-hydrogen) atoms. The van der Waals surface area contributed by atoms with Crippen LogP contribution in [0, 0.1) is 25.5 Å². The van der Waals surface area contributed by atoms with Gasteiger partial charge in [-0.1, -0.05) is 17.7 Å². The van der Waals surface area contributed by atoms with Gasteiger partial charge in [0, 0.05) is 11.8 Å². The molecule has 3 aromatic rings. The summed E-state index contributed by atoms with van der Waals surface area (Å²) in [4.78, 5) is 16.4. The minimum atomic E-state index is -0.707. The van der Waals surface area contributed by atoms with E-state index in [4.69, 9.17) is 0 Å². The fourth-order valence-corrected chi connectivity index (χ4v) is 2.49. The van der Waals surface area contributed by atoms with Crippen molar-refractivity contribution in [2.75, 3.05) is 10.6 Å². The Morgan fingerprint density at radius 2 is 1.73 bits per heavy atom. The molecule has 6 heteroatoms. The van der Waals surface area contributed by atoms with E-state index in [0.717, 1.165) is 28.9 Å². The van der Waals surface area contributed by atoms with E-state index in [-0.39, 0.29) is 17.3 Å². The van der Waals surface area contributed by atoms with E-state index in [9.17, 15) is 13.6 Å². The molecule has 3 rings (SSSR count). The maximum Gasteiger partial charge on any atom is 0.274 e. The lowest BCUT2D eigenvalue weighted by atomic mass is 10.1. The lowest BCUT2D eigenvalue weighted by Crippen LogP contribution is -2.14. The molecule has 2 aromatic carbocycles. The Labute approximate surface area is 149 Å². The van der Waals surface area contributed by atoms with E-state index < -0.39 is 11.6 Å². The molecule has 0 fully saturated rings. The van der Waals surface area contributed by atoms with Crippen molar-refractivity contribution in [2.24, 2.45) is 0 Å². The first-order chi connectivity index (χ1) is 12.4. The highest BCUT2D eigenvalue weighted by molar-refractivity contribution is 6.03. The van der Waals surface area contributed by atoms with Gasteiger partial charge < -0.3 is 10.6 Å². The van der Waals surface area contributed by atoms with Crippen LogP contribution in [0.15, 0.2) is 54.7 Å². The molecule has 0 saturated heterocycles. The number of aromatic nitrogens is 1. The summed E-state index contributed by atoms with van der Waals surface area (Å²) >= 11 is 0. The van der Waals surface area contributed by atoms with Crippen molar-refractivity contribution < 1.29 is 13.6 Å². The van der Waals surface area contributed by atoms with Crippen LogP contribution in [-0.2, 0) is 0 Å². The molecule has 1 aromatic heterocycles. The fraction of sp³-hybridized carbons (Fsp3) is 0.100. The van der Waals surface area contributed by atoms with Gasteiger partial charge >= 0.3 is 0 Å². The van der Waals surface area contributed by atoms with Crippen LogP contribution >= 0.6 is 0 Å². The van der Waals surface area contributed by atoms with Gasteiger partial charge in [-0.2, -0.15) is 0 Å².